The van der Waals surface area contributed by atoms with Crippen molar-refractivity contribution in [3.63, 3.8) is 0 Å². The van der Waals surface area contributed by atoms with Crippen LogP contribution in [0.2, 0.25) is 0 Å². The predicted octanol–water partition coefficient (Wildman–Crippen LogP) is 2.86. The Morgan fingerprint density at radius 2 is 1.77 bits per heavy atom. The summed E-state index contributed by atoms with van der Waals surface area (Å²) in [6.07, 6.45) is 2.51. The van der Waals surface area contributed by atoms with Crippen LogP contribution in [-0.2, 0) is 22.5 Å². The maximum Gasteiger partial charge on any atom is 0.344 e. The number of hydrogen-bond donors (Lipinski definition) is 0. The summed E-state index contributed by atoms with van der Waals surface area (Å²) < 4.78 is 10.4. The molecule has 0 saturated heterocycles. The molecule has 1 aromatic carbocycles. The number of ether oxygens (including phenoxy) is 2. The maximum absolute atomic E-state index is 12.2. The molecule has 2 aromatic rings. The van der Waals surface area contributed by atoms with E-state index in [0.29, 0.717) is 13.2 Å². The lowest BCUT2D eigenvalue weighted by Crippen LogP contribution is -2.30. The lowest BCUT2D eigenvalue weighted by atomic mass is 10.1. The van der Waals surface area contributed by atoms with Gasteiger partial charge in [0.1, 0.15) is 5.56 Å². The first-order chi connectivity index (χ1) is 12.5. The Hall–Kier alpha value is -2.89. The number of nitrogens with zero attached hydrogens (tertiary/aromatic N) is 2. The number of aromatic nitrogens is 1. The van der Waals surface area contributed by atoms with Gasteiger partial charge in [0.2, 0.25) is 5.88 Å². The van der Waals surface area contributed by atoms with E-state index in [1.165, 1.54) is 16.7 Å². The molecule has 138 valence electrons. The molecule has 0 unspecified atom stereocenters. The van der Waals surface area contributed by atoms with E-state index in [2.05, 4.69) is 11.9 Å². The Bertz CT molecular complexity index is 744. The molecule has 0 N–H and O–H groups in total. The molecule has 0 radical (unpaired) electrons. The van der Waals surface area contributed by atoms with Crippen LogP contribution in [0.3, 0.4) is 0 Å². The number of pyridine rings is 1. The molecule has 6 heteroatoms. The molecule has 0 spiro atoms. The number of aryl methyl sites for hydroxylation is 1. The summed E-state index contributed by atoms with van der Waals surface area (Å²) in [7, 11) is 1.68. The van der Waals surface area contributed by atoms with Crippen LogP contribution in [0, 0.1) is 0 Å². The van der Waals surface area contributed by atoms with Crippen LogP contribution < -0.4 is 4.74 Å². The summed E-state index contributed by atoms with van der Waals surface area (Å²) in [5.74, 6) is -0.702. The fourth-order valence-electron chi connectivity index (χ4n) is 2.36. The number of esters is 1. The Labute approximate surface area is 153 Å². The average molecular weight is 356 g/mol. The Balaban J connectivity index is 1.89. The SMILES string of the molecule is CCOc1ncccc1C(=O)OCC(=O)N(C)Cc1ccc(CC)cc1. The van der Waals surface area contributed by atoms with E-state index in [-0.39, 0.29) is 24.0 Å². The monoisotopic (exact) mass is 356 g/mol. The molecule has 0 aliphatic carbocycles. The van der Waals surface area contributed by atoms with Crippen molar-refractivity contribution in [2.75, 3.05) is 20.3 Å². The molecule has 1 heterocycles. The van der Waals surface area contributed by atoms with Crippen molar-refractivity contribution in [3.8, 4) is 5.88 Å². The summed E-state index contributed by atoms with van der Waals surface area (Å²) in [5, 5.41) is 0. The number of amides is 1. The van der Waals surface area contributed by atoms with Gasteiger partial charge < -0.3 is 14.4 Å². The fourth-order valence-corrected chi connectivity index (χ4v) is 2.36. The van der Waals surface area contributed by atoms with Gasteiger partial charge in [0.05, 0.1) is 6.61 Å². The second-order valence-electron chi connectivity index (χ2n) is 5.79. The molecule has 0 bridgehead atoms. The number of rotatable bonds is 8. The van der Waals surface area contributed by atoms with Crippen LogP contribution >= 0.6 is 0 Å². The summed E-state index contributed by atoms with van der Waals surface area (Å²) in [6.45, 7) is 4.41. The lowest BCUT2D eigenvalue weighted by molar-refractivity contribution is -0.133. The molecular weight excluding hydrogens is 332 g/mol. The quantitative estimate of drug-likeness (QED) is 0.680. The number of likely N-dealkylation sites (N-methyl/N-ethyl adjacent to an activating group) is 1. The van der Waals surface area contributed by atoms with Gasteiger partial charge >= 0.3 is 5.97 Å². The van der Waals surface area contributed by atoms with E-state index in [1.54, 1.807) is 26.1 Å². The zero-order valence-electron chi connectivity index (χ0n) is 15.4. The highest BCUT2D eigenvalue weighted by Crippen LogP contribution is 2.15. The molecule has 0 fully saturated rings. The standard InChI is InChI=1S/C20H24N2O4/c1-4-15-8-10-16(11-9-15)13-22(3)18(23)14-26-20(24)17-7-6-12-21-19(17)25-5-2/h6-12H,4-5,13-14H2,1-3H3. The third-order valence-corrected chi connectivity index (χ3v) is 3.88. The Morgan fingerprint density at radius 3 is 2.42 bits per heavy atom. The van der Waals surface area contributed by atoms with Gasteiger partial charge in [0.15, 0.2) is 6.61 Å². The van der Waals surface area contributed by atoms with Crippen molar-refractivity contribution in [1.29, 1.82) is 0 Å². The lowest BCUT2D eigenvalue weighted by Gasteiger charge is -2.17. The molecule has 26 heavy (non-hydrogen) atoms. The van der Waals surface area contributed by atoms with Gasteiger partial charge in [-0.15, -0.1) is 0 Å². The highest BCUT2D eigenvalue weighted by molar-refractivity contribution is 5.93. The molecule has 6 nitrogen and oxygen atoms in total. The van der Waals surface area contributed by atoms with E-state index in [0.717, 1.165) is 12.0 Å². The number of carbonyl (C=O) groups excluding carboxylic acids is 2. The van der Waals surface area contributed by atoms with Crippen molar-refractivity contribution in [2.24, 2.45) is 0 Å². The fraction of sp³-hybridized carbons (Fsp3) is 0.350. The van der Waals surface area contributed by atoms with E-state index >= 15 is 0 Å². The molecule has 0 aliphatic rings. The average Bonchev–Trinajstić information content (AvgIpc) is 2.67. The van der Waals surface area contributed by atoms with Crippen molar-refractivity contribution in [3.05, 3.63) is 59.3 Å². The van der Waals surface area contributed by atoms with Gasteiger partial charge in [-0.2, -0.15) is 0 Å². The van der Waals surface area contributed by atoms with Gasteiger partial charge in [-0.3, -0.25) is 4.79 Å². The number of hydrogen-bond acceptors (Lipinski definition) is 5. The van der Waals surface area contributed by atoms with Gasteiger partial charge in [-0.05, 0) is 36.6 Å². The summed E-state index contributed by atoms with van der Waals surface area (Å²) in [5.41, 5.74) is 2.48. The third kappa shape index (κ3) is 5.31. The minimum Gasteiger partial charge on any atom is -0.477 e. The Kier molecular flexibility index (Phi) is 7.14. The van der Waals surface area contributed by atoms with E-state index in [1.807, 2.05) is 24.3 Å². The zero-order valence-corrected chi connectivity index (χ0v) is 15.4. The minimum atomic E-state index is -0.629. The van der Waals surface area contributed by atoms with Gasteiger partial charge in [-0.1, -0.05) is 31.2 Å². The first-order valence-electron chi connectivity index (χ1n) is 8.61. The van der Waals surface area contributed by atoms with Crippen LogP contribution in [0.4, 0.5) is 0 Å². The van der Waals surface area contributed by atoms with Crippen molar-refractivity contribution in [2.45, 2.75) is 26.8 Å². The molecule has 2 rings (SSSR count). The molecule has 1 aromatic heterocycles. The second-order valence-corrected chi connectivity index (χ2v) is 5.79. The van der Waals surface area contributed by atoms with Gasteiger partial charge in [-0.25, -0.2) is 9.78 Å². The minimum absolute atomic E-state index is 0.205. The maximum atomic E-state index is 12.2. The highest BCUT2D eigenvalue weighted by Gasteiger charge is 2.18. The molecule has 0 atom stereocenters. The number of carbonyl (C=O) groups is 2. The normalized spacial score (nSPS) is 10.3. The first kappa shape index (κ1) is 19.4. The van der Waals surface area contributed by atoms with Gasteiger partial charge in [0.25, 0.3) is 5.91 Å². The molecule has 0 aliphatic heterocycles. The van der Waals surface area contributed by atoms with Crippen molar-refractivity contribution >= 4 is 11.9 Å². The first-order valence-corrected chi connectivity index (χ1v) is 8.61. The van der Waals surface area contributed by atoms with E-state index in [4.69, 9.17) is 9.47 Å². The van der Waals surface area contributed by atoms with Crippen LogP contribution in [0.1, 0.15) is 35.3 Å². The van der Waals surface area contributed by atoms with Crippen LogP contribution in [0.5, 0.6) is 5.88 Å². The van der Waals surface area contributed by atoms with Crippen molar-refractivity contribution < 1.29 is 19.1 Å². The van der Waals surface area contributed by atoms with Crippen LogP contribution in [0.15, 0.2) is 42.6 Å². The van der Waals surface area contributed by atoms with E-state index in [9.17, 15) is 9.59 Å². The molecular formula is C20H24N2O4. The zero-order chi connectivity index (χ0) is 18.9. The van der Waals surface area contributed by atoms with Crippen LogP contribution in [-0.4, -0.2) is 42.0 Å². The highest BCUT2D eigenvalue weighted by atomic mass is 16.5. The third-order valence-electron chi connectivity index (χ3n) is 3.88. The summed E-state index contributed by atoms with van der Waals surface area (Å²) in [6, 6.07) is 11.3. The van der Waals surface area contributed by atoms with Gasteiger partial charge in [0, 0.05) is 19.8 Å². The van der Waals surface area contributed by atoms with E-state index < -0.39 is 5.97 Å². The second kappa shape index (κ2) is 9.56. The Morgan fingerprint density at radius 1 is 1.08 bits per heavy atom. The topological polar surface area (TPSA) is 68.7 Å². The summed E-state index contributed by atoms with van der Waals surface area (Å²) >= 11 is 0. The van der Waals surface area contributed by atoms with Crippen molar-refractivity contribution in [1.82, 2.24) is 9.88 Å². The number of benzene rings is 1. The predicted molar refractivity (Wildman–Crippen MR) is 98.0 cm³/mol. The molecule has 1 amide bonds. The molecule has 0 saturated carbocycles. The smallest absolute Gasteiger partial charge is 0.344 e. The summed E-state index contributed by atoms with van der Waals surface area (Å²) in [4.78, 5) is 29.9. The largest absolute Gasteiger partial charge is 0.477 e. The van der Waals surface area contributed by atoms with Crippen LogP contribution in [0.25, 0.3) is 0 Å².